The first-order valence-corrected chi connectivity index (χ1v) is 11.6. The molecule has 1 aliphatic rings. The van der Waals surface area contributed by atoms with Crippen LogP contribution in [0.5, 0.6) is 5.75 Å². The van der Waals surface area contributed by atoms with E-state index in [0.29, 0.717) is 22.6 Å². The second-order valence-electron chi connectivity index (χ2n) is 8.17. The van der Waals surface area contributed by atoms with E-state index in [-0.39, 0.29) is 21.3 Å². The van der Waals surface area contributed by atoms with Gasteiger partial charge in [-0.05, 0) is 50.1 Å². The van der Waals surface area contributed by atoms with Crippen LogP contribution in [0.1, 0.15) is 43.7 Å². The van der Waals surface area contributed by atoms with Crippen molar-refractivity contribution in [3.8, 4) is 5.75 Å². The molecule has 1 aromatic heterocycles. The molecule has 1 saturated heterocycles. The van der Waals surface area contributed by atoms with Crippen molar-refractivity contribution in [3.05, 3.63) is 80.9 Å². The van der Waals surface area contributed by atoms with Gasteiger partial charge in [0.1, 0.15) is 16.4 Å². The maximum Gasteiger partial charge on any atom is 0.350 e. The Hall–Kier alpha value is -3.98. The number of carbonyl (C=O) groups excluding carboxylic acids is 3. The van der Waals surface area contributed by atoms with Crippen LogP contribution in [-0.4, -0.2) is 42.0 Å². The molecule has 8 nitrogen and oxygen atoms in total. The fourth-order valence-electron chi connectivity index (χ4n) is 4.04. The summed E-state index contributed by atoms with van der Waals surface area (Å²) in [5, 5.41) is 11.4. The largest absolute Gasteiger partial charge is 0.507 e. The third-order valence-electron chi connectivity index (χ3n) is 5.87. The van der Waals surface area contributed by atoms with E-state index in [4.69, 9.17) is 9.47 Å². The molecule has 3 aromatic rings. The highest BCUT2D eigenvalue weighted by Gasteiger charge is 2.48. The number of methoxy groups -OCH3 is 2. The predicted octanol–water partition coefficient (Wildman–Crippen LogP) is 4.49. The lowest BCUT2D eigenvalue weighted by Crippen LogP contribution is -2.29. The summed E-state index contributed by atoms with van der Waals surface area (Å²) in [4.78, 5) is 44.6. The van der Waals surface area contributed by atoms with Gasteiger partial charge in [-0.2, -0.15) is 0 Å². The number of aliphatic hydroxyl groups excluding tert-OH is 1. The number of ether oxygens (including phenoxy) is 2. The predicted molar refractivity (Wildman–Crippen MR) is 132 cm³/mol. The Balaban J connectivity index is 1.93. The van der Waals surface area contributed by atoms with Crippen LogP contribution in [0.2, 0.25) is 0 Å². The second-order valence-corrected chi connectivity index (χ2v) is 9.14. The first kappa shape index (κ1) is 24.2. The third kappa shape index (κ3) is 4.19. The number of amides is 1. The lowest BCUT2D eigenvalue weighted by Gasteiger charge is -2.23. The van der Waals surface area contributed by atoms with Gasteiger partial charge in [-0.3, -0.25) is 14.5 Å². The van der Waals surface area contributed by atoms with Crippen LogP contribution in [0, 0.1) is 20.8 Å². The number of aryl methyl sites for hydroxylation is 3. The molecule has 2 aromatic carbocycles. The highest BCUT2D eigenvalue weighted by molar-refractivity contribution is 7.17. The van der Waals surface area contributed by atoms with Crippen molar-refractivity contribution in [2.24, 2.45) is 0 Å². The molecule has 4 rings (SSSR count). The molecule has 35 heavy (non-hydrogen) atoms. The van der Waals surface area contributed by atoms with Crippen LogP contribution in [0.4, 0.5) is 5.13 Å². The van der Waals surface area contributed by atoms with Gasteiger partial charge in [-0.15, -0.1) is 0 Å². The summed E-state index contributed by atoms with van der Waals surface area (Å²) < 4.78 is 10.1. The number of thiazole rings is 1. The summed E-state index contributed by atoms with van der Waals surface area (Å²) in [5.74, 6) is -1.93. The third-order valence-corrected chi connectivity index (χ3v) is 7.00. The molecule has 0 unspecified atom stereocenters. The van der Waals surface area contributed by atoms with Gasteiger partial charge in [-0.1, -0.05) is 41.2 Å². The van der Waals surface area contributed by atoms with Gasteiger partial charge in [0.25, 0.3) is 5.78 Å². The van der Waals surface area contributed by atoms with Crippen molar-refractivity contribution < 1.29 is 29.0 Å². The zero-order valence-electron chi connectivity index (χ0n) is 19.9. The van der Waals surface area contributed by atoms with Crippen molar-refractivity contribution in [3.63, 3.8) is 0 Å². The number of nitrogens with zero attached hydrogens (tertiary/aromatic N) is 2. The molecule has 1 fully saturated rings. The zero-order chi connectivity index (χ0) is 25.4. The van der Waals surface area contributed by atoms with Gasteiger partial charge in [0, 0.05) is 5.56 Å². The number of anilines is 1. The molecule has 1 N–H and O–H groups in total. The molecule has 1 amide bonds. The monoisotopic (exact) mass is 492 g/mol. The SMILES string of the molecule is COC(=O)c1sc(N2C(=O)C(=O)/C(=C(/O)c3ccc(OC)c(C)c3)[C@@H]2c2ccc(C)cc2)nc1C. The van der Waals surface area contributed by atoms with Crippen LogP contribution >= 0.6 is 11.3 Å². The summed E-state index contributed by atoms with van der Waals surface area (Å²) in [5.41, 5.74) is 3.08. The molecule has 9 heteroatoms. The van der Waals surface area contributed by atoms with E-state index in [1.165, 1.54) is 12.0 Å². The van der Waals surface area contributed by atoms with Crippen LogP contribution in [0.15, 0.2) is 48.0 Å². The highest BCUT2D eigenvalue weighted by atomic mass is 32.1. The topological polar surface area (TPSA) is 106 Å². The smallest absolute Gasteiger partial charge is 0.350 e. The number of esters is 1. The number of carbonyl (C=O) groups is 3. The number of rotatable bonds is 5. The lowest BCUT2D eigenvalue weighted by molar-refractivity contribution is -0.132. The lowest BCUT2D eigenvalue weighted by atomic mass is 9.94. The first-order chi connectivity index (χ1) is 16.7. The fraction of sp³-hybridized carbons (Fsp3) is 0.231. The number of benzene rings is 2. The van der Waals surface area contributed by atoms with Crippen LogP contribution in [0.25, 0.3) is 5.76 Å². The number of aliphatic hydroxyl groups is 1. The maximum atomic E-state index is 13.3. The number of hydrogen-bond donors (Lipinski definition) is 1. The van der Waals surface area contributed by atoms with Gasteiger partial charge < -0.3 is 14.6 Å². The van der Waals surface area contributed by atoms with Gasteiger partial charge in [0.05, 0.1) is 31.5 Å². The zero-order valence-corrected chi connectivity index (χ0v) is 20.7. The minimum Gasteiger partial charge on any atom is -0.507 e. The van der Waals surface area contributed by atoms with Crippen molar-refractivity contribution in [1.82, 2.24) is 4.98 Å². The molecule has 180 valence electrons. The molecule has 0 radical (unpaired) electrons. The van der Waals surface area contributed by atoms with Crippen LogP contribution in [0.3, 0.4) is 0 Å². The normalized spacial score (nSPS) is 17.1. The molecule has 2 heterocycles. The minimum absolute atomic E-state index is 0.0594. The molecular weight excluding hydrogens is 468 g/mol. The number of hydrogen-bond acceptors (Lipinski definition) is 8. The Labute approximate surface area is 206 Å². The molecule has 0 bridgehead atoms. The van der Waals surface area contributed by atoms with Crippen molar-refractivity contribution in [2.75, 3.05) is 19.1 Å². The summed E-state index contributed by atoms with van der Waals surface area (Å²) in [7, 11) is 2.81. The standard InChI is InChI=1S/C26H24N2O6S/c1-13-6-8-16(9-7-13)20-19(21(29)17-10-11-18(33-4)14(2)12-17)22(30)24(31)28(20)26-27-15(3)23(35-26)25(32)34-5/h6-12,20,29H,1-5H3/b21-19+/t20-/m0/s1. The number of aromatic nitrogens is 1. The summed E-state index contributed by atoms with van der Waals surface area (Å²) in [6, 6.07) is 11.4. The van der Waals surface area contributed by atoms with E-state index >= 15 is 0 Å². The molecule has 0 saturated carbocycles. The number of Topliss-reactive ketones (excluding diaryl/α,β-unsaturated/α-hetero) is 1. The summed E-state index contributed by atoms with van der Waals surface area (Å²) >= 11 is 0.960. The van der Waals surface area contributed by atoms with Crippen LogP contribution in [-0.2, 0) is 14.3 Å². The molecule has 0 aliphatic carbocycles. The van der Waals surface area contributed by atoms with Gasteiger partial charge in [0.2, 0.25) is 0 Å². The fourth-order valence-corrected chi connectivity index (χ4v) is 5.05. The first-order valence-electron chi connectivity index (χ1n) is 10.8. The van der Waals surface area contributed by atoms with E-state index in [9.17, 15) is 19.5 Å². The average molecular weight is 493 g/mol. The molecule has 0 spiro atoms. The number of ketones is 1. The molecule has 1 aliphatic heterocycles. The maximum absolute atomic E-state index is 13.3. The van der Waals surface area contributed by atoms with E-state index in [2.05, 4.69) is 4.98 Å². The Morgan fingerprint density at radius 2 is 1.74 bits per heavy atom. The average Bonchev–Trinajstić information content (AvgIpc) is 3.35. The van der Waals surface area contributed by atoms with Crippen molar-refractivity contribution >= 4 is 39.9 Å². The quantitative estimate of drug-likeness (QED) is 0.242. The summed E-state index contributed by atoms with van der Waals surface area (Å²) in [6.45, 7) is 5.37. The summed E-state index contributed by atoms with van der Waals surface area (Å²) in [6.07, 6.45) is 0. The van der Waals surface area contributed by atoms with E-state index in [1.807, 2.05) is 26.0 Å². The van der Waals surface area contributed by atoms with E-state index in [0.717, 1.165) is 22.5 Å². The van der Waals surface area contributed by atoms with Crippen molar-refractivity contribution in [2.45, 2.75) is 26.8 Å². The van der Waals surface area contributed by atoms with Crippen LogP contribution < -0.4 is 9.64 Å². The molecular formula is C26H24N2O6S. The Bertz CT molecular complexity index is 1370. The Morgan fingerprint density at radius 3 is 2.34 bits per heavy atom. The van der Waals surface area contributed by atoms with E-state index < -0.39 is 23.7 Å². The van der Waals surface area contributed by atoms with Crippen molar-refractivity contribution in [1.29, 1.82) is 0 Å². The van der Waals surface area contributed by atoms with Gasteiger partial charge in [-0.25, -0.2) is 9.78 Å². The molecule has 1 atom stereocenters. The highest BCUT2D eigenvalue weighted by Crippen LogP contribution is 2.44. The van der Waals surface area contributed by atoms with E-state index in [1.54, 1.807) is 44.4 Å². The Morgan fingerprint density at radius 1 is 1.06 bits per heavy atom. The van der Waals surface area contributed by atoms with Gasteiger partial charge >= 0.3 is 11.9 Å². The Kier molecular flexibility index (Phi) is 6.45. The minimum atomic E-state index is -0.936. The van der Waals surface area contributed by atoms with Gasteiger partial charge in [0.15, 0.2) is 5.13 Å². The second kappa shape index (κ2) is 9.34.